The molecule has 5 heteroatoms. The standard InChI is InChI=1S/C16H22N2O3/c1-11(16(20)21)14-8-18(9-14)10-15(19)17-12(2)13-6-4-3-5-7-13/h3-7,11-12,14H,8-10H2,1-2H3,(H,17,19)(H,20,21). The van der Waals surface area contributed by atoms with Gasteiger partial charge in [-0.25, -0.2) is 0 Å². The van der Waals surface area contributed by atoms with Crippen LogP contribution in [-0.4, -0.2) is 41.5 Å². The van der Waals surface area contributed by atoms with Gasteiger partial charge >= 0.3 is 5.97 Å². The lowest BCUT2D eigenvalue weighted by Crippen LogP contribution is -2.54. The van der Waals surface area contributed by atoms with E-state index in [4.69, 9.17) is 5.11 Å². The van der Waals surface area contributed by atoms with E-state index in [0.717, 1.165) is 5.56 Å². The summed E-state index contributed by atoms with van der Waals surface area (Å²) in [6, 6.07) is 9.80. The van der Waals surface area contributed by atoms with Crippen LogP contribution in [0.4, 0.5) is 0 Å². The van der Waals surface area contributed by atoms with E-state index in [2.05, 4.69) is 5.32 Å². The van der Waals surface area contributed by atoms with Crippen molar-refractivity contribution in [3.63, 3.8) is 0 Å². The molecule has 1 saturated heterocycles. The second-order valence-electron chi connectivity index (χ2n) is 5.78. The van der Waals surface area contributed by atoms with Crippen molar-refractivity contribution < 1.29 is 14.7 Å². The van der Waals surface area contributed by atoms with E-state index in [1.165, 1.54) is 0 Å². The molecule has 0 saturated carbocycles. The van der Waals surface area contributed by atoms with E-state index in [0.29, 0.717) is 19.6 Å². The monoisotopic (exact) mass is 290 g/mol. The molecule has 2 atom stereocenters. The molecule has 1 fully saturated rings. The Bertz CT molecular complexity index is 498. The zero-order chi connectivity index (χ0) is 15.4. The molecule has 1 aromatic carbocycles. The first-order chi connectivity index (χ1) is 9.97. The second-order valence-corrected chi connectivity index (χ2v) is 5.78. The minimum absolute atomic E-state index is 0.0197. The second kappa shape index (κ2) is 6.72. The molecule has 2 N–H and O–H groups in total. The third kappa shape index (κ3) is 4.04. The largest absolute Gasteiger partial charge is 0.481 e. The summed E-state index contributed by atoms with van der Waals surface area (Å²) in [5, 5.41) is 11.9. The molecule has 0 aromatic heterocycles. The van der Waals surface area contributed by atoms with Gasteiger partial charge in [-0.05, 0) is 18.4 Å². The van der Waals surface area contributed by atoms with Gasteiger partial charge in [-0.1, -0.05) is 37.3 Å². The summed E-state index contributed by atoms with van der Waals surface area (Å²) in [6.45, 7) is 5.38. The van der Waals surface area contributed by atoms with Gasteiger partial charge in [0, 0.05) is 13.1 Å². The number of carbonyl (C=O) groups excluding carboxylic acids is 1. The topological polar surface area (TPSA) is 69.6 Å². The number of hydrogen-bond donors (Lipinski definition) is 2. The van der Waals surface area contributed by atoms with Crippen molar-refractivity contribution in [3.8, 4) is 0 Å². The van der Waals surface area contributed by atoms with Crippen LogP contribution in [-0.2, 0) is 9.59 Å². The van der Waals surface area contributed by atoms with E-state index >= 15 is 0 Å². The fraction of sp³-hybridized carbons (Fsp3) is 0.500. The predicted molar refractivity (Wildman–Crippen MR) is 79.7 cm³/mol. The van der Waals surface area contributed by atoms with Gasteiger partial charge in [0.2, 0.25) is 5.91 Å². The van der Waals surface area contributed by atoms with Gasteiger partial charge in [-0.2, -0.15) is 0 Å². The lowest BCUT2D eigenvalue weighted by atomic mass is 9.87. The number of carboxylic acids is 1. The molecule has 5 nitrogen and oxygen atoms in total. The number of carbonyl (C=O) groups is 2. The average Bonchev–Trinajstić information content (AvgIpc) is 2.42. The van der Waals surface area contributed by atoms with Crippen molar-refractivity contribution in [2.75, 3.05) is 19.6 Å². The highest BCUT2D eigenvalue weighted by atomic mass is 16.4. The zero-order valence-corrected chi connectivity index (χ0v) is 12.5. The number of amides is 1. The third-order valence-corrected chi connectivity index (χ3v) is 4.13. The summed E-state index contributed by atoms with van der Waals surface area (Å²) in [6.07, 6.45) is 0. The van der Waals surface area contributed by atoms with Crippen LogP contribution in [0.15, 0.2) is 30.3 Å². The number of nitrogens with zero attached hydrogens (tertiary/aromatic N) is 1. The normalized spacial score (nSPS) is 18.6. The Labute approximate surface area is 125 Å². The molecule has 1 amide bonds. The number of benzene rings is 1. The predicted octanol–water partition coefficient (Wildman–Crippen LogP) is 1.52. The van der Waals surface area contributed by atoms with Crippen molar-refractivity contribution >= 4 is 11.9 Å². The van der Waals surface area contributed by atoms with Crippen molar-refractivity contribution in [2.45, 2.75) is 19.9 Å². The zero-order valence-electron chi connectivity index (χ0n) is 12.5. The molecule has 0 bridgehead atoms. The summed E-state index contributed by atoms with van der Waals surface area (Å²) in [5.41, 5.74) is 1.08. The number of rotatable bonds is 6. The molecule has 0 aliphatic carbocycles. The highest BCUT2D eigenvalue weighted by molar-refractivity contribution is 5.78. The van der Waals surface area contributed by atoms with Crippen LogP contribution in [0.25, 0.3) is 0 Å². The SMILES string of the molecule is CC(NC(=O)CN1CC(C(C)C(=O)O)C1)c1ccccc1. The van der Waals surface area contributed by atoms with Crippen molar-refractivity contribution in [3.05, 3.63) is 35.9 Å². The van der Waals surface area contributed by atoms with Crippen LogP contribution in [0, 0.1) is 11.8 Å². The van der Waals surface area contributed by atoms with Crippen LogP contribution >= 0.6 is 0 Å². The Morgan fingerprint density at radius 2 is 1.90 bits per heavy atom. The first-order valence-electron chi connectivity index (χ1n) is 7.27. The van der Waals surface area contributed by atoms with E-state index in [9.17, 15) is 9.59 Å². The number of likely N-dealkylation sites (tertiary alicyclic amines) is 1. The van der Waals surface area contributed by atoms with E-state index < -0.39 is 5.97 Å². The van der Waals surface area contributed by atoms with Crippen molar-refractivity contribution in [2.24, 2.45) is 11.8 Å². The summed E-state index contributed by atoms with van der Waals surface area (Å²) in [4.78, 5) is 24.8. The number of hydrogen-bond acceptors (Lipinski definition) is 3. The third-order valence-electron chi connectivity index (χ3n) is 4.13. The average molecular weight is 290 g/mol. The number of carboxylic acid groups (broad SMARTS) is 1. The maximum atomic E-state index is 12.0. The van der Waals surface area contributed by atoms with Crippen LogP contribution in [0.1, 0.15) is 25.5 Å². The summed E-state index contributed by atoms with van der Waals surface area (Å²) in [7, 11) is 0. The molecule has 1 aromatic rings. The lowest BCUT2D eigenvalue weighted by molar-refractivity contribution is -0.145. The van der Waals surface area contributed by atoms with Crippen LogP contribution in [0.5, 0.6) is 0 Å². The number of aliphatic carboxylic acids is 1. The molecule has 114 valence electrons. The summed E-state index contributed by atoms with van der Waals surface area (Å²) < 4.78 is 0. The molecule has 1 heterocycles. The highest BCUT2D eigenvalue weighted by Crippen LogP contribution is 2.23. The molecule has 2 rings (SSSR count). The maximum absolute atomic E-state index is 12.0. The van der Waals surface area contributed by atoms with Gasteiger partial charge in [0.05, 0.1) is 18.5 Å². The quantitative estimate of drug-likeness (QED) is 0.833. The molecular weight excluding hydrogens is 268 g/mol. The first kappa shape index (κ1) is 15.5. The fourth-order valence-corrected chi connectivity index (χ4v) is 2.57. The van der Waals surface area contributed by atoms with Gasteiger partial charge < -0.3 is 10.4 Å². The van der Waals surface area contributed by atoms with Gasteiger partial charge in [0.1, 0.15) is 0 Å². The minimum atomic E-state index is -0.762. The van der Waals surface area contributed by atoms with Crippen molar-refractivity contribution in [1.29, 1.82) is 0 Å². The van der Waals surface area contributed by atoms with Crippen LogP contribution in [0.3, 0.4) is 0 Å². The Balaban J connectivity index is 1.73. The summed E-state index contributed by atoms with van der Waals surface area (Å²) in [5.74, 6) is -0.969. The Morgan fingerprint density at radius 3 is 2.48 bits per heavy atom. The smallest absolute Gasteiger partial charge is 0.306 e. The molecule has 2 unspecified atom stereocenters. The van der Waals surface area contributed by atoms with E-state index in [-0.39, 0.29) is 23.8 Å². The van der Waals surface area contributed by atoms with Gasteiger partial charge in [0.15, 0.2) is 0 Å². The maximum Gasteiger partial charge on any atom is 0.306 e. The molecule has 21 heavy (non-hydrogen) atoms. The fourth-order valence-electron chi connectivity index (χ4n) is 2.57. The Kier molecular flexibility index (Phi) is 4.96. The minimum Gasteiger partial charge on any atom is -0.481 e. The Morgan fingerprint density at radius 1 is 1.29 bits per heavy atom. The first-order valence-corrected chi connectivity index (χ1v) is 7.27. The Hall–Kier alpha value is -1.88. The highest BCUT2D eigenvalue weighted by Gasteiger charge is 2.35. The lowest BCUT2D eigenvalue weighted by Gasteiger charge is -2.40. The summed E-state index contributed by atoms with van der Waals surface area (Å²) >= 11 is 0. The van der Waals surface area contributed by atoms with Crippen LogP contribution < -0.4 is 5.32 Å². The van der Waals surface area contributed by atoms with Crippen molar-refractivity contribution in [1.82, 2.24) is 10.2 Å². The van der Waals surface area contributed by atoms with Gasteiger partial charge in [-0.3, -0.25) is 14.5 Å². The molecule has 0 radical (unpaired) electrons. The van der Waals surface area contributed by atoms with E-state index in [1.807, 2.05) is 42.2 Å². The van der Waals surface area contributed by atoms with Gasteiger partial charge in [-0.15, -0.1) is 0 Å². The molecule has 1 aliphatic rings. The van der Waals surface area contributed by atoms with Gasteiger partial charge in [0.25, 0.3) is 0 Å². The molecular formula is C16H22N2O3. The molecule has 0 spiro atoms. The molecule has 1 aliphatic heterocycles. The van der Waals surface area contributed by atoms with Crippen LogP contribution in [0.2, 0.25) is 0 Å². The number of nitrogens with one attached hydrogen (secondary N) is 1. The van der Waals surface area contributed by atoms with E-state index in [1.54, 1.807) is 6.92 Å².